The summed E-state index contributed by atoms with van der Waals surface area (Å²) in [5, 5.41) is 3.40. The molecule has 0 atom stereocenters. The van der Waals surface area contributed by atoms with E-state index in [0.717, 1.165) is 5.92 Å². The van der Waals surface area contributed by atoms with Crippen LogP contribution < -0.4 is 5.19 Å². The van der Waals surface area contributed by atoms with E-state index in [1.54, 1.807) is 32.6 Å². The first-order chi connectivity index (χ1) is 13.1. The summed E-state index contributed by atoms with van der Waals surface area (Å²) < 4.78 is 0. The zero-order valence-corrected chi connectivity index (χ0v) is 18.1. The molecule has 0 aromatic heterocycles. The molecule has 2 aliphatic carbocycles. The van der Waals surface area contributed by atoms with Crippen LogP contribution in [0.2, 0.25) is 13.1 Å². The van der Waals surface area contributed by atoms with Crippen molar-refractivity contribution in [3.8, 4) is 11.1 Å². The van der Waals surface area contributed by atoms with Gasteiger partial charge in [-0.2, -0.15) is 0 Å². The quantitative estimate of drug-likeness (QED) is 0.508. The van der Waals surface area contributed by atoms with Gasteiger partial charge < -0.3 is 0 Å². The van der Waals surface area contributed by atoms with Crippen molar-refractivity contribution >= 4 is 18.5 Å². The predicted octanol–water partition coefficient (Wildman–Crippen LogP) is 6.99. The monoisotopic (exact) mass is 371 g/mol. The van der Waals surface area contributed by atoms with E-state index in [0.29, 0.717) is 0 Å². The first-order valence-electron chi connectivity index (χ1n) is 11.0. The molecule has 0 nitrogen and oxygen atoms in total. The Balaban J connectivity index is 1.58. The van der Waals surface area contributed by atoms with E-state index >= 15 is 0 Å². The number of rotatable bonds is 4. The molecule has 3 aliphatic rings. The fraction of sp³-hybridized carbons (Fsp3) is 0.423. The lowest BCUT2D eigenvalue weighted by Gasteiger charge is -2.23. The second kappa shape index (κ2) is 6.48. The Kier molecular flexibility index (Phi) is 4.20. The van der Waals surface area contributed by atoms with Gasteiger partial charge in [0, 0.05) is 6.42 Å². The molecule has 1 aliphatic heterocycles. The van der Waals surface area contributed by atoms with Crippen LogP contribution in [0.5, 0.6) is 0 Å². The Morgan fingerprint density at radius 2 is 1.63 bits per heavy atom. The summed E-state index contributed by atoms with van der Waals surface area (Å²) in [5.41, 5.74) is 9.28. The highest BCUT2D eigenvalue weighted by atomic mass is 28.3. The molecule has 1 saturated carbocycles. The van der Waals surface area contributed by atoms with Gasteiger partial charge in [-0.25, -0.2) is 0 Å². The van der Waals surface area contributed by atoms with Crippen molar-refractivity contribution in [1.82, 2.24) is 0 Å². The van der Waals surface area contributed by atoms with Gasteiger partial charge in [-0.15, -0.1) is 0 Å². The molecule has 0 spiro atoms. The van der Waals surface area contributed by atoms with Crippen molar-refractivity contribution in [3.05, 3.63) is 65.1 Å². The minimum Gasteiger partial charge on any atom is -0.0651 e. The molecule has 5 rings (SSSR count). The highest BCUT2D eigenvalue weighted by molar-refractivity contribution is 7.07. The zero-order chi connectivity index (χ0) is 18.6. The van der Waals surface area contributed by atoms with Crippen LogP contribution in [0.3, 0.4) is 0 Å². The largest absolute Gasteiger partial charge is 0.113 e. The third-order valence-corrected chi connectivity index (χ3v) is 10.8. The minimum atomic E-state index is -1.57. The summed E-state index contributed by atoms with van der Waals surface area (Å²) in [6, 6.07) is 14.5. The summed E-state index contributed by atoms with van der Waals surface area (Å²) in [6.07, 6.45) is 12.0. The molecule has 1 heterocycles. The Labute approximate surface area is 165 Å². The van der Waals surface area contributed by atoms with Gasteiger partial charge in [0.15, 0.2) is 0 Å². The van der Waals surface area contributed by atoms with E-state index in [-0.39, 0.29) is 0 Å². The molecule has 2 aromatic carbocycles. The smallest absolute Gasteiger partial charge is 0.0651 e. The lowest BCUT2D eigenvalue weighted by atomic mass is 9.83. The Hall–Kier alpha value is -1.60. The summed E-state index contributed by atoms with van der Waals surface area (Å²) >= 11 is 0. The standard InChI is InChI=1S/C26H31Si/c1-4-8-22-17-21-15-16-23-24(25(21)26(22)27(23,2)3)20-13-11-19(12-14-20)18-9-6-5-7-10-18/h11-18H,4-10H2,1-3H3. The van der Waals surface area contributed by atoms with Gasteiger partial charge in [0.2, 0.25) is 0 Å². The molecule has 0 N–H and O–H groups in total. The number of allylic oxidation sites excluding steroid dienone is 1. The third-order valence-electron chi connectivity index (χ3n) is 7.23. The fourth-order valence-corrected chi connectivity index (χ4v) is 9.48. The van der Waals surface area contributed by atoms with E-state index < -0.39 is 8.07 Å². The molecule has 0 unspecified atom stereocenters. The van der Waals surface area contributed by atoms with E-state index in [1.807, 2.05) is 0 Å². The van der Waals surface area contributed by atoms with Crippen molar-refractivity contribution in [1.29, 1.82) is 0 Å². The lowest BCUT2D eigenvalue weighted by Crippen LogP contribution is -2.39. The van der Waals surface area contributed by atoms with Gasteiger partial charge in [0.1, 0.15) is 8.07 Å². The van der Waals surface area contributed by atoms with Crippen LogP contribution in [0, 0.1) is 6.42 Å². The number of hydrogen-bond donors (Lipinski definition) is 0. The molecule has 139 valence electrons. The molecular weight excluding hydrogens is 340 g/mol. The number of hydrogen-bond acceptors (Lipinski definition) is 0. The van der Waals surface area contributed by atoms with Crippen molar-refractivity contribution < 1.29 is 0 Å². The fourth-order valence-electron chi connectivity index (χ4n) is 5.92. The van der Waals surface area contributed by atoms with Gasteiger partial charge in [0.25, 0.3) is 0 Å². The molecule has 0 amide bonds. The molecule has 2 bridgehead atoms. The summed E-state index contributed by atoms with van der Waals surface area (Å²) in [7, 11) is -1.57. The first kappa shape index (κ1) is 17.5. The average molecular weight is 372 g/mol. The first-order valence-corrected chi connectivity index (χ1v) is 14.0. The molecule has 1 heteroatoms. The van der Waals surface area contributed by atoms with E-state index in [9.17, 15) is 0 Å². The van der Waals surface area contributed by atoms with Gasteiger partial charge >= 0.3 is 0 Å². The zero-order valence-electron chi connectivity index (χ0n) is 17.1. The second-order valence-electron chi connectivity index (χ2n) is 9.33. The third kappa shape index (κ3) is 2.62. The maximum absolute atomic E-state index is 2.56. The van der Waals surface area contributed by atoms with Crippen LogP contribution in [0.1, 0.15) is 74.5 Å². The second-order valence-corrected chi connectivity index (χ2v) is 13.6. The maximum Gasteiger partial charge on any atom is 0.113 e. The number of benzene rings is 2. The summed E-state index contributed by atoms with van der Waals surface area (Å²) in [6.45, 7) is 7.43. The summed E-state index contributed by atoms with van der Waals surface area (Å²) in [5.74, 6) is 0.796. The molecular formula is C26H31Si. The predicted molar refractivity (Wildman–Crippen MR) is 120 cm³/mol. The van der Waals surface area contributed by atoms with Crippen molar-refractivity contribution in [3.63, 3.8) is 0 Å². The summed E-state index contributed by atoms with van der Waals surface area (Å²) in [4.78, 5) is 0. The SMILES string of the molecule is CCCC1=C2c3c(ccc(c3-c3ccc(C4CCCCC4)cc3)[Si]2(C)C)[CH]1. The lowest BCUT2D eigenvalue weighted by molar-refractivity contribution is 0.443. The van der Waals surface area contributed by atoms with Crippen LogP contribution in [-0.4, -0.2) is 8.07 Å². The molecule has 2 aromatic rings. The van der Waals surface area contributed by atoms with Gasteiger partial charge in [-0.3, -0.25) is 0 Å². The van der Waals surface area contributed by atoms with Crippen LogP contribution in [0.4, 0.5) is 0 Å². The Bertz CT molecular complexity index is 908. The van der Waals surface area contributed by atoms with Crippen LogP contribution >= 0.6 is 0 Å². The normalized spacial score (nSPS) is 20.6. The molecule has 0 saturated heterocycles. The van der Waals surface area contributed by atoms with E-state index in [1.165, 1.54) is 56.1 Å². The van der Waals surface area contributed by atoms with E-state index in [4.69, 9.17) is 0 Å². The Morgan fingerprint density at radius 3 is 2.33 bits per heavy atom. The van der Waals surface area contributed by atoms with Crippen LogP contribution in [-0.2, 0) is 0 Å². The van der Waals surface area contributed by atoms with Crippen LogP contribution in [0.25, 0.3) is 16.3 Å². The van der Waals surface area contributed by atoms with Gasteiger partial charge in [-0.05, 0) is 63.4 Å². The van der Waals surface area contributed by atoms with Gasteiger partial charge in [0.05, 0.1) is 0 Å². The highest BCUT2D eigenvalue weighted by Gasteiger charge is 2.45. The van der Waals surface area contributed by atoms with E-state index in [2.05, 4.69) is 62.8 Å². The van der Waals surface area contributed by atoms with Crippen LogP contribution in [0.15, 0.2) is 42.0 Å². The Morgan fingerprint density at radius 1 is 0.889 bits per heavy atom. The molecule has 1 fully saturated rings. The molecule has 1 radical (unpaired) electrons. The topological polar surface area (TPSA) is 0 Å². The maximum atomic E-state index is 2.56. The average Bonchev–Trinajstić information content (AvgIpc) is 3.14. The highest BCUT2D eigenvalue weighted by Crippen LogP contribution is 2.51. The molecule has 27 heavy (non-hydrogen) atoms. The van der Waals surface area contributed by atoms with Crippen molar-refractivity contribution in [2.24, 2.45) is 0 Å². The van der Waals surface area contributed by atoms with Crippen molar-refractivity contribution in [2.45, 2.75) is 70.9 Å². The van der Waals surface area contributed by atoms with Crippen molar-refractivity contribution in [2.75, 3.05) is 0 Å². The van der Waals surface area contributed by atoms with Gasteiger partial charge in [-0.1, -0.05) is 87.7 Å². The minimum absolute atomic E-state index is 0.796. The number of fused-ring (bicyclic) bond motifs is 1.